The number of rotatable bonds is 14. The van der Waals surface area contributed by atoms with Gasteiger partial charge < -0.3 is 24.7 Å². The van der Waals surface area contributed by atoms with Crippen LogP contribution in [0.4, 0.5) is 0 Å². The Morgan fingerprint density at radius 3 is 1.25 bits per heavy atom. The average Bonchev–Trinajstić information content (AvgIpc) is 2.50. The summed E-state index contributed by atoms with van der Waals surface area (Å²) in [4.78, 5) is 0. The van der Waals surface area contributed by atoms with Crippen molar-refractivity contribution in [3.05, 3.63) is 24.6 Å². The zero-order valence-corrected chi connectivity index (χ0v) is 31.9. The largest absolute Gasteiger partial charge is 0.442 e. The first-order valence-corrected chi connectivity index (χ1v) is 32.9. The van der Waals surface area contributed by atoms with Gasteiger partial charge in [-0.15, -0.1) is 13.2 Å². The molecule has 0 rings (SSSR count). The monoisotopic (exact) mass is 588 g/mol. The van der Waals surface area contributed by atoms with Crippen LogP contribution >= 0.6 is 0 Å². The summed E-state index contributed by atoms with van der Waals surface area (Å²) in [7, 11) is -12.5. The van der Waals surface area contributed by atoms with Crippen LogP contribution < -0.4 is 0 Å². The Bertz CT molecular complexity index is 534. The van der Waals surface area contributed by atoms with Crippen molar-refractivity contribution < 1.29 is 24.7 Å². The molecule has 192 valence electrons. The van der Waals surface area contributed by atoms with E-state index in [9.17, 15) is 0 Å². The minimum atomic E-state index is -2.04. The van der Waals surface area contributed by atoms with Crippen molar-refractivity contribution in [2.24, 2.45) is 0 Å². The van der Waals surface area contributed by atoms with E-state index in [-0.39, 0.29) is 0 Å². The summed E-state index contributed by atoms with van der Waals surface area (Å²) in [6, 6.07) is 0. The molecule has 0 aliphatic heterocycles. The lowest BCUT2D eigenvalue weighted by Gasteiger charge is -2.36. The minimum absolute atomic E-state index is 0.973. The molecule has 0 spiro atoms. The molecular weight excluding hydrogens is 537 g/mol. The van der Waals surface area contributed by atoms with E-state index in [2.05, 4.69) is 105 Å². The third-order valence-corrected chi connectivity index (χ3v) is 28.5. The minimum Gasteiger partial charge on any atom is -0.442 e. The fourth-order valence-electron chi connectivity index (χ4n) is 3.08. The van der Waals surface area contributed by atoms with Gasteiger partial charge in [-0.25, -0.2) is 0 Å². The van der Waals surface area contributed by atoms with Crippen LogP contribution in [0.25, 0.3) is 0 Å². The molecule has 0 fully saturated rings. The third-order valence-electron chi connectivity index (χ3n) is 3.82. The Balaban J connectivity index is 0. The van der Waals surface area contributed by atoms with Gasteiger partial charge in [0.15, 0.2) is 34.7 Å². The van der Waals surface area contributed by atoms with Crippen molar-refractivity contribution in [2.45, 2.75) is 91.7 Å². The summed E-state index contributed by atoms with van der Waals surface area (Å²) >= 11 is 0. The lowest BCUT2D eigenvalue weighted by molar-refractivity contribution is 0.338. The van der Waals surface area contributed by atoms with Crippen molar-refractivity contribution in [2.75, 3.05) is 0 Å². The summed E-state index contributed by atoms with van der Waals surface area (Å²) < 4.78 is 36.0. The summed E-state index contributed by atoms with van der Waals surface area (Å²) in [6.45, 7) is 37.5. The van der Waals surface area contributed by atoms with Crippen LogP contribution in [-0.4, -0.2) is 70.4 Å². The van der Waals surface area contributed by atoms with Crippen molar-refractivity contribution in [3.63, 3.8) is 0 Å². The molecule has 0 aromatic carbocycles. The molecule has 0 aromatic rings. The summed E-state index contributed by atoms with van der Waals surface area (Å²) in [5.41, 5.74) is 3.90. The highest BCUT2D eigenvalue weighted by atomic mass is 28.5. The molecule has 2 unspecified atom stereocenters. The van der Waals surface area contributed by atoms with Gasteiger partial charge in [-0.1, -0.05) is 11.4 Å². The fraction of sp³-hybridized carbons (Fsp3) is 0.778. The van der Waals surface area contributed by atoms with Gasteiger partial charge in [-0.3, -0.25) is 0 Å². The molecule has 32 heavy (non-hydrogen) atoms. The molecule has 2 atom stereocenters. The second-order valence-electron chi connectivity index (χ2n) is 10.4. The van der Waals surface area contributed by atoms with E-state index in [1.807, 2.05) is 11.4 Å². The van der Waals surface area contributed by atoms with E-state index in [1.165, 1.54) is 0 Å². The molecular formula is C18H52O6Si8. The molecule has 14 heteroatoms. The molecule has 0 aliphatic rings. The topological polar surface area (TPSA) is 55.4 Å². The SMILES string of the molecule is C=C[Si](C)(C)O[Si](C)(C)O[Si](C)(C)C=C.C[SiH](C)O[SiH](C)O[SiH](C)O[Si](C)(C)O[SiH](C)C. The van der Waals surface area contributed by atoms with Gasteiger partial charge in [0.05, 0.1) is 0 Å². The molecule has 0 saturated carbocycles. The van der Waals surface area contributed by atoms with Gasteiger partial charge in [-0.2, -0.15) is 0 Å². The second-order valence-corrected chi connectivity index (χ2v) is 35.4. The van der Waals surface area contributed by atoms with Crippen molar-refractivity contribution in [1.29, 1.82) is 0 Å². The van der Waals surface area contributed by atoms with Gasteiger partial charge in [0.25, 0.3) is 18.6 Å². The third kappa shape index (κ3) is 20.4. The predicted octanol–water partition coefficient (Wildman–Crippen LogP) is 5.00. The van der Waals surface area contributed by atoms with E-state index < -0.39 is 70.4 Å². The fourth-order valence-corrected chi connectivity index (χ4v) is 29.7. The summed E-state index contributed by atoms with van der Waals surface area (Å²) in [5.74, 6) is 0. The molecule has 0 saturated heterocycles. The molecule has 0 heterocycles. The smallest absolute Gasteiger partial charge is 0.312 e. The second kappa shape index (κ2) is 15.2. The number of hydrogen-bond acceptors (Lipinski definition) is 6. The van der Waals surface area contributed by atoms with Crippen LogP contribution in [0.5, 0.6) is 0 Å². The molecule has 0 aromatic heterocycles. The number of hydrogen-bond donors (Lipinski definition) is 0. The first kappa shape index (κ1) is 35.1. The van der Waals surface area contributed by atoms with Gasteiger partial charge in [0.2, 0.25) is 0 Å². The molecule has 0 bridgehead atoms. The lowest BCUT2D eigenvalue weighted by Crippen LogP contribution is -2.51. The zero-order valence-electron chi connectivity index (χ0n) is 23.3. The Hall–Kier alpha value is 0.975. The highest BCUT2D eigenvalue weighted by Crippen LogP contribution is 2.21. The lowest BCUT2D eigenvalue weighted by atomic mass is 11.3. The van der Waals surface area contributed by atoms with E-state index >= 15 is 0 Å². The highest BCUT2D eigenvalue weighted by Gasteiger charge is 2.37. The van der Waals surface area contributed by atoms with Crippen molar-refractivity contribution >= 4 is 70.4 Å². The maximum atomic E-state index is 6.14. The molecule has 0 amide bonds. The summed E-state index contributed by atoms with van der Waals surface area (Å²) in [6.07, 6.45) is 0. The first-order valence-electron chi connectivity index (χ1n) is 11.5. The zero-order chi connectivity index (χ0) is 26.0. The highest BCUT2D eigenvalue weighted by molar-refractivity contribution is 6.90. The van der Waals surface area contributed by atoms with Crippen LogP contribution in [0.1, 0.15) is 0 Å². The van der Waals surface area contributed by atoms with E-state index in [0.29, 0.717) is 0 Å². The maximum Gasteiger partial charge on any atom is 0.312 e. The van der Waals surface area contributed by atoms with Crippen LogP contribution in [0.15, 0.2) is 24.6 Å². The van der Waals surface area contributed by atoms with Gasteiger partial charge in [0.1, 0.15) is 0 Å². The van der Waals surface area contributed by atoms with Gasteiger partial charge in [-0.05, 0) is 91.7 Å². The van der Waals surface area contributed by atoms with Crippen LogP contribution in [0, 0.1) is 0 Å². The quantitative estimate of drug-likeness (QED) is 0.266. The Labute approximate surface area is 210 Å². The van der Waals surface area contributed by atoms with Crippen molar-refractivity contribution in [3.8, 4) is 0 Å². The Morgan fingerprint density at radius 1 is 0.531 bits per heavy atom. The van der Waals surface area contributed by atoms with Gasteiger partial charge >= 0.3 is 17.1 Å². The molecule has 0 aliphatic carbocycles. The average molecular weight is 589 g/mol. The van der Waals surface area contributed by atoms with Crippen LogP contribution in [0.3, 0.4) is 0 Å². The van der Waals surface area contributed by atoms with Gasteiger partial charge in [0, 0.05) is 0 Å². The predicted molar refractivity (Wildman–Crippen MR) is 161 cm³/mol. The Morgan fingerprint density at radius 2 is 0.938 bits per heavy atom. The first-order chi connectivity index (χ1) is 14.2. The molecule has 0 N–H and O–H groups in total. The van der Waals surface area contributed by atoms with Crippen LogP contribution in [0.2, 0.25) is 91.7 Å². The molecule has 0 radical (unpaired) electrons. The van der Waals surface area contributed by atoms with E-state index in [1.54, 1.807) is 0 Å². The Kier molecular flexibility index (Phi) is 16.7. The maximum absolute atomic E-state index is 6.14. The van der Waals surface area contributed by atoms with E-state index in [4.69, 9.17) is 24.7 Å². The van der Waals surface area contributed by atoms with E-state index in [0.717, 1.165) is 0 Å². The standard InChI is InChI=1S/C10H24O2Si3.C8H28O4Si5/c1-9-13(3,4)11-15(7,8)12-14(5,6)10-2;1-13(2)9-15(5)10-16(6)12-17(7,8)11-14(3)4/h9-10H,1-2H2,3-8H3;13-16H,1-8H3. The van der Waals surface area contributed by atoms with Crippen LogP contribution in [-0.2, 0) is 24.7 Å². The summed E-state index contributed by atoms with van der Waals surface area (Å²) in [5, 5.41) is 0. The van der Waals surface area contributed by atoms with Crippen molar-refractivity contribution in [1.82, 2.24) is 0 Å². The molecule has 6 nitrogen and oxygen atoms in total. The normalized spacial score (nSPS) is 15.2.